The molecule has 0 saturated heterocycles. The molecular weight excluding hydrogens is 354 g/mol. The smallest absolute Gasteiger partial charge is 0.233 e. The van der Waals surface area contributed by atoms with E-state index in [0.29, 0.717) is 31.0 Å². The third-order valence-corrected chi connectivity index (χ3v) is 6.01. The van der Waals surface area contributed by atoms with Gasteiger partial charge in [0.15, 0.2) is 0 Å². The van der Waals surface area contributed by atoms with Gasteiger partial charge in [-0.25, -0.2) is 0 Å². The number of aliphatic hydroxyl groups is 1. The molecule has 0 spiro atoms. The molecule has 1 saturated carbocycles. The van der Waals surface area contributed by atoms with Gasteiger partial charge < -0.3 is 10.0 Å². The van der Waals surface area contributed by atoms with Gasteiger partial charge in [-0.05, 0) is 30.5 Å². The second-order valence-corrected chi connectivity index (χ2v) is 7.74. The minimum absolute atomic E-state index is 0.208. The molecule has 7 heteroatoms. The van der Waals surface area contributed by atoms with E-state index in [-0.39, 0.29) is 11.3 Å². The largest absolute Gasteiger partial charge is 0.380 e. The minimum Gasteiger partial charge on any atom is -0.380 e. The van der Waals surface area contributed by atoms with E-state index in [4.69, 9.17) is 0 Å². The number of aryl methyl sites for hydroxylation is 1. The lowest BCUT2D eigenvalue weighted by atomic mass is 9.94. The van der Waals surface area contributed by atoms with E-state index < -0.39 is 6.10 Å². The maximum absolute atomic E-state index is 13.3. The number of carbonyl (C=O) groups excluding carboxylic acids is 1. The molecule has 3 aromatic rings. The van der Waals surface area contributed by atoms with Gasteiger partial charge in [-0.3, -0.25) is 14.2 Å². The molecule has 0 radical (unpaired) electrons. The van der Waals surface area contributed by atoms with Gasteiger partial charge in [-0.2, -0.15) is 10.2 Å². The summed E-state index contributed by atoms with van der Waals surface area (Å²) in [6.45, 7) is 1.81. The molecule has 0 bridgehead atoms. The number of carbonyl (C=O) groups is 1. The van der Waals surface area contributed by atoms with Gasteiger partial charge in [-0.1, -0.05) is 30.3 Å². The zero-order valence-corrected chi connectivity index (χ0v) is 15.8. The number of aliphatic hydroxyl groups excluding tert-OH is 1. The van der Waals surface area contributed by atoms with Crippen molar-refractivity contribution in [2.45, 2.75) is 37.5 Å². The number of hydrogen-bond donors (Lipinski definition) is 1. The molecule has 144 valence electrons. The molecule has 1 amide bonds. The first-order chi connectivity index (χ1) is 13.6. The Morgan fingerprint density at radius 2 is 1.96 bits per heavy atom. The van der Waals surface area contributed by atoms with Crippen molar-refractivity contribution in [3.05, 3.63) is 71.3 Å². The van der Waals surface area contributed by atoms with Crippen LogP contribution in [-0.4, -0.2) is 42.0 Å². The second kappa shape index (κ2) is 6.31. The van der Waals surface area contributed by atoms with Gasteiger partial charge in [-0.15, -0.1) is 0 Å². The van der Waals surface area contributed by atoms with Gasteiger partial charge in [0.05, 0.1) is 35.6 Å². The summed E-state index contributed by atoms with van der Waals surface area (Å²) >= 11 is 0. The summed E-state index contributed by atoms with van der Waals surface area (Å²) in [6.07, 6.45) is 2.66. The number of benzene rings is 1. The lowest BCUT2D eigenvalue weighted by Gasteiger charge is -2.31. The molecule has 1 atom stereocenters. The summed E-state index contributed by atoms with van der Waals surface area (Å²) in [6, 6.07) is 13.8. The van der Waals surface area contributed by atoms with Crippen molar-refractivity contribution in [3.63, 3.8) is 0 Å². The topological polar surface area (TPSA) is 76.2 Å². The Balaban J connectivity index is 1.37. The van der Waals surface area contributed by atoms with Crippen LogP contribution in [0.1, 0.15) is 41.6 Å². The van der Waals surface area contributed by atoms with Crippen LogP contribution < -0.4 is 0 Å². The van der Waals surface area contributed by atoms with Crippen LogP contribution in [0, 0.1) is 0 Å². The van der Waals surface area contributed by atoms with Crippen LogP contribution in [0.3, 0.4) is 0 Å². The standard InChI is InChI=1S/C21H23N5O2/c1-24-18(7-10-22-24)19(27)17-13-16-14-25(11-12-26(16)23-17)20(28)21(8-9-21)15-5-3-2-4-6-15/h2-7,10,13,19,27H,8-9,11-12,14H2,1H3. The quantitative estimate of drug-likeness (QED) is 0.752. The number of nitrogens with zero attached hydrogens (tertiary/aromatic N) is 5. The third-order valence-electron chi connectivity index (χ3n) is 6.01. The highest BCUT2D eigenvalue weighted by atomic mass is 16.3. The first-order valence-electron chi connectivity index (χ1n) is 9.66. The predicted molar refractivity (Wildman–Crippen MR) is 102 cm³/mol. The van der Waals surface area contributed by atoms with Crippen molar-refractivity contribution in [3.8, 4) is 0 Å². The molecule has 1 aromatic carbocycles. The Kier molecular flexibility index (Phi) is 3.87. The molecule has 7 nitrogen and oxygen atoms in total. The van der Waals surface area contributed by atoms with Crippen LogP contribution in [-0.2, 0) is 30.3 Å². The summed E-state index contributed by atoms with van der Waals surface area (Å²) in [4.78, 5) is 15.2. The van der Waals surface area contributed by atoms with Crippen molar-refractivity contribution in [2.75, 3.05) is 6.54 Å². The van der Waals surface area contributed by atoms with Crippen molar-refractivity contribution in [1.82, 2.24) is 24.5 Å². The van der Waals surface area contributed by atoms with Gasteiger partial charge in [0, 0.05) is 19.8 Å². The zero-order chi connectivity index (χ0) is 19.3. The molecule has 3 heterocycles. The highest BCUT2D eigenvalue weighted by Gasteiger charge is 2.53. The maximum Gasteiger partial charge on any atom is 0.233 e. The summed E-state index contributed by atoms with van der Waals surface area (Å²) in [5, 5.41) is 19.3. The van der Waals surface area contributed by atoms with E-state index in [1.807, 2.05) is 33.8 Å². The molecule has 2 aliphatic rings. The highest BCUT2D eigenvalue weighted by molar-refractivity contribution is 5.91. The molecule has 5 rings (SSSR count). The summed E-state index contributed by atoms with van der Waals surface area (Å²) in [5.41, 5.74) is 3.02. The fourth-order valence-corrected chi connectivity index (χ4v) is 4.21. The van der Waals surface area contributed by atoms with Crippen molar-refractivity contribution in [1.29, 1.82) is 0 Å². The molecule has 1 aliphatic carbocycles. The number of fused-ring (bicyclic) bond motifs is 1. The van der Waals surface area contributed by atoms with Gasteiger partial charge in [0.1, 0.15) is 6.10 Å². The fraction of sp³-hybridized carbons (Fsp3) is 0.381. The monoisotopic (exact) mass is 377 g/mol. The SMILES string of the molecule is Cn1nccc1C(O)c1cc2n(n1)CCN(C(=O)C1(c3ccccc3)CC1)C2. The van der Waals surface area contributed by atoms with Crippen molar-refractivity contribution >= 4 is 5.91 Å². The normalized spacial score (nSPS) is 18.6. The molecule has 1 N–H and O–H groups in total. The number of amides is 1. The average molecular weight is 377 g/mol. The van der Waals surface area contributed by atoms with Gasteiger partial charge >= 0.3 is 0 Å². The lowest BCUT2D eigenvalue weighted by Crippen LogP contribution is -2.43. The van der Waals surface area contributed by atoms with Crippen LogP contribution in [0.5, 0.6) is 0 Å². The summed E-state index contributed by atoms with van der Waals surface area (Å²) < 4.78 is 3.55. The van der Waals surface area contributed by atoms with E-state index in [0.717, 1.165) is 24.1 Å². The fourth-order valence-electron chi connectivity index (χ4n) is 4.21. The van der Waals surface area contributed by atoms with E-state index in [2.05, 4.69) is 22.3 Å². The third kappa shape index (κ3) is 2.65. The van der Waals surface area contributed by atoms with Crippen LogP contribution in [0.25, 0.3) is 0 Å². The van der Waals surface area contributed by atoms with Crippen molar-refractivity contribution in [2.24, 2.45) is 7.05 Å². The van der Waals surface area contributed by atoms with Crippen LogP contribution >= 0.6 is 0 Å². The van der Waals surface area contributed by atoms with E-state index in [9.17, 15) is 9.90 Å². The number of hydrogen-bond acceptors (Lipinski definition) is 4. The second-order valence-electron chi connectivity index (χ2n) is 7.74. The average Bonchev–Trinajstić information content (AvgIpc) is 3.25. The Morgan fingerprint density at radius 3 is 2.64 bits per heavy atom. The van der Waals surface area contributed by atoms with E-state index in [1.54, 1.807) is 24.0 Å². The molecule has 2 aromatic heterocycles. The maximum atomic E-state index is 13.3. The first-order valence-corrected chi connectivity index (χ1v) is 9.66. The van der Waals surface area contributed by atoms with E-state index >= 15 is 0 Å². The number of aromatic nitrogens is 4. The van der Waals surface area contributed by atoms with E-state index in [1.165, 1.54) is 0 Å². The summed E-state index contributed by atoms with van der Waals surface area (Å²) in [7, 11) is 1.80. The van der Waals surface area contributed by atoms with Crippen LogP contribution in [0.4, 0.5) is 0 Å². The molecule has 1 fully saturated rings. The van der Waals surface area contributed by atoms with Gasteiger partial charge in [0.25, 0.3) is 0 Å². The van der Waals surface area contributed by atoms with Gasteiger partial charge in [0.2, 0.25) is 5.91 Å². The molecule has 1 unspecified atom stereocenters. The zero-order valence-electron chi connectivity index (χ0n) is 15.8. The predicted octanol–water partition coefficient (Wildman–Crippen LogP) is 1.77. The Bertz CT molecular complexity index is 1020. The van der Waals surface area contributed by atoms with Crippen molar-refractivity contribution < 1.29 is 9.90 Å². The molecule has 28 heavy (non-hydrogen) atoms. The Hall–Kier alpha value is -2.93. The molecular formula is C21H23N5O2. The Labute approximate surface area is 163 Å². The lowest BCUT2D eigenvalue weighted by molar-refractivity contribution is -0.135. The summed E-state index contributed by atoms with van der Waals surface area (Å²) in [5.74, 6) is 0.208. The molecule has 1 aliphatic heterocycles. The highest BCUT2D eigenvalue weighted by Crippen LogP contribution is 2.49. The minimum atomic E-state index is -0.825. The first kappa shape index (κ1) is 17.2. The Morgan fingerprint density at radius 1 is 1.18 bits per heavy atom. The number of rotatable bonds is 4. The van der Waals surface area contributed by atoms with Crippen LogP contribution in [0.15, 0.2) is 48.7 Å². The van der Waals surface area contributed by atoms with Crippen LogP contribution in [0.2, 0.25) is 0 Å².